The molecule has 0 spiro atoms. The van der Waals surface area contributed by atoms with Crippen LogP contribution in [0.25, 0.3) is 33.4 Å². The van der Waals surface area contributed by atoms with E-state index in [0.717, 1.165) is 69.1 Å². The molecule has 0 atom stereocenters. The van der Waals surface area contributed by atoms with Gasteiger partial charge in [-0.3, -0.25) is 4.79 Å². The maximum absolute atomic E-state index is 11.9. The molecule has 2 N–H and O–H groups in total. The lowest BCUT2D eigenvalue weighted by atomic mass is 9.95. The Labute approximate surface area is 243 Å². The molecular weight excluding hydrogens is 528 g/mol. The smallest absolute Gasteiger partial charge is 0.247 e. The summed E-state index contributed by atoms with van der Waals surface area (Å²) >= 11 is 0. The first-order valence-corrected chi connectivity index (χ1v) is 14.1. The predicted octanol–water partition coefficient (Wildman–Crippen LogP) is 6.66. The number of carbonyl (C=O) groups excluding carboxylic acids is 1. The first-order chi connectivity index (χ1) is 20.6. The minimum atomic E-state index is -0.246. The van der Waals surface area contributed by atoms with Gasteiger partial charge in [-0.25, -0.2) is 15.0 Å². The standard InChI is InChI=1S/C33H30N6O3/c1-3-27(40)38-23-9-7-21(8-10-23)31-29-26-12-11-25(42-28-6-4-5-20(2)37-28)17-22(26)18-34-32-30(29)33(36-19-35-32)39(31)24-13-15-41-16-14-24/h3-12,17,19,24H,1,13-16,18H2,2H3,(H,38,40)(H,34,35,36). The quantitative estimate of drug-likeness (QED) is 0.225. The fraction of sp³-hybridized carbons (Fsp3) is 0.212. The maximum atomic E-state index is 11.9. The minimum Gasteiger partial charge on any atom is -0.439 e. The van der Waals surface area contributed by atoms with Crippen LogP contribution in [-0.2, 0) is 16.1 Å². The van der Waals surface area contributed by atoms with Crippen LogP contribution >= 0.6 is 0 Å². The molecule has 5 aromatic rings. The molecule has 0 bridgehead atoms. The fourth-order valence-corrected chi connectivity index (χ4v) is 5.92. The molecule has 210 valence electrons. The summed E-state index contributed by atoms with van der Waals surface area (Å²) < 4.78 is 14.3. The summed E-state index contributed by atoms with van der Waals surface area (Å²) in [7, 11) is 0. The lowest BCUT2D eigenvalue weighted by Crippen LogP contribution is -2.20. The highest BCUT2D eigenvalue weighted by atomic mass is 16.5. The van der Waals surface area contributed by atoms with Crippen molar-refractivity contribution in [3.8, 4) is 34.0 Å². The van der Waals surface area contributed by atoms with Crippen LogP contribution in [0, 0.1) is 6.92 Å². The second kappa shape index (κ2) is 10.8. The van der Waals surface area contributed by atoms with Gasteiger partial charge in [-0.2, -0.15) is 0 Å². The highest BCUT2D eigenvalue weighted by molar-refractivity contribution is 6.10. The average Bonchev–Trinajstić information content (AvgIpc) is 3.27. The third-order valence-electron chi connectivity index (χ3n) is 7.83. The van der Waals surface area contributed by atoms with E-state index in [9.17, 15) is 4.79 Å². The molecule has 1 amide bonds. The summed E-state index contributed by atoms with van der Waals surface area (Å²) in [4.78, 5) is 25.9. The lowest BCUT2D eigenvalue weighted by molar-refractivity contribution is -0.111. The zero-order chi connectivity index (χ0) is 28.6. The van der Waals surface area contributed by atoms with Crippen LogP contribution < -0.4 is 15.4 Å². The normalized spacial score (nSPS) is 14.5. The second-order valence-corrected chi connectivity index (χ2v) is 10.5. The summed E-state index contributed by atoms with van der Waals surface area (Å²) in [5, 5.41) is 7.40. The number of ether oxygens (including phenoxy) is 2. The Hall–Kier alpha value is -5.02. The number of fused-ring (bicyclic) bond motifs is 2. The van der Waals surface area contributed by atoms with Crippen LogP contribution in [-0.4, -0.2) is 38.6 Å². The number of pyridine rings is 1. The van der Waals surface area contributed by atoms with Crippen LogP contribution in [0.5, 0.6) is 11.6 Å². The summed E-state index contributed by atoms with van der Waals surface area (Å²) in [6, 6.07) is 20.1. The molecule has 9 heteroatoms. The molecule has 2 aromatic carbocycles. The number of nitrogens with one attached hydrogen (secondary N) is 2. The third-order valence-corrected chi connectivity index (χ3v) is 7.83. The van der Waals surface area contributed by atoms with E-state index in [0.29, 0.717) is 31.3 Å². The summed E-state index contributed by atoms with van der Waals surface area (Å²) in [6.45, 7) is 7.48. The van der Waals surface area contributed by atoms with E-state index in [1.165, 1.54) is 6.08 Å². The van der Waals surface area contributed by atoms with Crippen molar-refractivity contribution in [3.63, 3.8) is 0 Å². The molecular formula is C33H30N6O3. The van der Waals surface area contributed by atoms with Crippen LogP contribution in [0.2, 0.25) is 0 Å². The summed E-state index contributed by atoms with van der Waals surface area (Å²) in [6.07, 6.45) is 4.68. The minimum absolute atomic E-state index is 0.214. The molecule has 3 aromatic heterocycles. The first-order valence-electron chi connectivity index (χ1n) is 14.1. The second-order valence-electron chi connectivity index (χ2n) is 10.5. The van der Waals surface area contributed by atoms with E-state index in [-0.39, 0.29) is 11.9 Å². The summed E-state index contributed by atoms with van der Waals surface area (Å²) in [5.74, 6) is 1.83. The van der Waals surface area contributed by atoms with Gasteiger partial charge in [0.25, 0.3) is 0 Å². The molecule has 0 unspecified atom stereocenters. The molecule has 1 saturated heterocycles. The number of carbonyl (C=O) groups is 1. The van der Waals surface area contributed by atoms with E-state index in [1.54, 1.807) is 6.33 Å². The van der Waals surface area contributed by atoms with E-state index in [2.05, 4.69) is 43.9 Å². The lowest BCUT2D eigenvalue weighted by Gasteiger charge is -2.27. The maximum Gasteiger partial charge on any atom is 0.247 e. The topological polar surface area (TPSA) is 103 Å². The van der Waals surface area contributed by atoms with Crippen molar-refractivity contribution in [2.75, 3.05) is 23.8 Å². The van der Waals surface area contributed by atoms with Gasteiger partial charge in [0, 0.05) is 48.8 Å². The number of benzene rings is 2. The van der Waals surface area contributed by atoms with Gasteiger partial charge in [-0.15, -0.1) is 0 Å². The largest absolute Gasteiger partial charge is 0.439 e. The van der Waals surface area contributed by atoms with E-state index < -0.39 is 0 Å². The Kier molecular flexibility index (Phi) is 6.64. The number of rotatable bonds is 6. The number of aryl methyl sites for hydroxylation is 1. The van der Waals surface area contributed by atoms with Crippen LogP contribution in [0.4, 0.5) is 11.5 Å². The number of aromatic nitrogens is 4. The molecule has 0 saturated carbocycles. The number of anilines is 2. The van der Waals surface area contributed by atoms with Gasteiger partial charge < -0.3 is 24.7 Å². The fourth-order valence-electron chi connectivity index (χ4n) is 5.92. The Balaban J connectivity index is 1.42. The van der Waals surface area contributed by atoms with Crippen LogP contribution in [0.15, 0.2) is 79.6 Å². The molecule has 42 heavy (non-hydrogen) atoms. The molecule has 2 aliphatic heterocycles. The predicted molar refractivity (Wildman–Crippen MR) is 163 cm³/mol. The van der Waals surface area contributed by atoms with Gasteiger partial charge in [0.1, 0.15) is 23.5 Å². The molecule has 0 radical (unpaired) electrons. The monoisotopic (exact) mass is 558 g/mol. The van der Waals surface area contributed by atoms with Gasteiger partial charge in [-0.05, 0) is 72.9 Å². The van der Waals surface area contributed by atoms with E-state index in [4.69, 9.17) is 14.5 Å². The van der Waals surface area contributed by atoms with E-state index >= 15 is 0 Å². The average molecular weight is 559 g/mol. The molecule has 9 nitrogen and oxygen atoms in total. The third kappa shape index (κ3) is 4.67. The Morgan fingerprint density at radius 3 is 2.74 bits per heavy atom. The number of hydrogen-bond donors (Lipinski definition) is 2. The van der Waals surface area contributed by atoms with Crippen molar-refractivity contribution >= 4 is 28.4 Å². The van der Waals surface area contributed by atoms with Gasteiger partial charge in [-0.1, -0.05) is 30.8 Å². The summed E-state index contributed by atoms with van der Waals surface area (Å²) in [5.41, 5.74) is 7.84. The van der Waals surface area contributed by atoms with Crippen molar-refractivity contribution in [1.82, 2.24) is 19.5 Å². The number of hydrogen-bond acceptors (Lipinski definition) is 7. The van der Waals surface area contributed by atoms with Crippen LogP contribution in [0.3, 0.4) is 0 Å². The Bertz CT molecular complexity index is 1820. The van der Waals surface area contributed by atoms with E-state index in [1.807, 2.05) is 55.5 Å². The highest BCUT2D eigenvalue weighted by Gasteiger charge is 2.31. The Morgan fingerprint density at radius 2 is 1.95 bits per heavy atom. The molecule has 0 aliphatic carbocycles. The zero-order valence-electron chi connectivity index (χ0n) is 23.3. The van der Waals surface area contributed by atoms with Crippen LogP contribution in [0.1, 0.15) is 30.1 Å². The van der Waals surface area contributed by atoms with Crippen molar-refractivity contribution in [2.45, 2.75) is 32.4 Å². The first kappa shape index (κ1) is 25.9. The number of nitrogens with zero attached hydrogens (tertiary/aromatic N) is 4. The molecule has 5 heterocycles. The number of amides is 1. The zero-order valence-corrected chi connectivity index (χ0v) is 23.3. The van der Waals surface area contributed by atoms with Crippen molar-refractivity contribution in [2.24, 2.45) is 0 Å². The van der Waals surface area contributed by atoms with Gasteiger partial charge in [0.15, 0.2) is 0 Å². The van der Waals surface area contributed by atoms with Gasteiger partial charge in [0.2, 0.25) is 11.8 Å². The van der Waals surface area contributed by atoms with Crippen molar-refractivity contribution in [1.29, 1.82) is 0 Å². The van der Waals surface area contributed by atoms with Crippen molar-refractivity contribution < 1.29 is 14.3 Å². The van der Waals surface area contributed by atoms with Crippen molar-refractivity contribution in [3.05, 3.63) is 90.9 Å². The molecule has 1 fully saturated rings. The molecule has 7 rings (SSSR count). The SMILES string of the molecule is C=CC(=O)Nc1ccc(-c2c3c4c(ncnc4n2C2CCOCC2)NCc2cc(Oc4cccc(C)n4)ccc2-3)cc1. The molecule has 2 aliphatic rings. The Morgan fingerprint density at radius 1 is 1.12 bits per heavy atom. The van der Waals surface area contributed by atoms with Gasteiger partial charge >= 0.3 is 0 Å². The van der Waals surface area contributed by atoms with Gasteiger partial charge in [0.05, 0.1) is 11.1 Å². The highest BCUT2D eigenvalue weighted by Crippen LogP contribution is 2.48.